The Hall–Kier alpha value is -4.51. The molecule has 1 unspecified atom stereocenters. The van der Waals surface area contributed by atoms with E-state index in [1.54, 1.807) is 0 Å². The first kappa shape index (κ1) is 21.3. The molecule has 0 amide bonds. The van der Waals surface area contributed by atoms with Crippen molar-refractivity contribution in [3.63, 3.8) is 0 Å². The molecule has 40 heavy (non-hydrogen) atoms. The van der Waals surface area contributed by atoms with Crippen LogP contribution >= 0.6 is 22.7 Å². The van der Waals surface area contributed by atoms with Crippen LogP contribution in [-0.4, -0.2) is 11.8 Å². The first-order valence-electron chi connectivity index (χ1n) is 13.6. The van der Waals surface area contributed by atoms with Crippen LogP contribution in [0.3, 0.4) is 0 Å². The molecule has 7 aromatic rings. The lowest BCUT2D eigenvalue weighted by molar-refractivity contribution is 0.932. The van der Waals surface area contributed by atoms with Crippen molar-refractivity contribution >= 4 is 97.1 Å². The molecule has 4 heterocycles. The van der Waals surface area contributed by atoms with Gasteiger partial charge in [-0.25, -0.2) is 0 Å². The van der Waals surface area contributed by atoms with Gasteiger partial charge in [0.15, 0.2) is 0 Å². The van der Waals surface area contributed by atoms with E-state index in [0.29, 0.717) is 0 Å². The maximum atomic E-state index is 2.58. The molecule has 10 rings (SSSR count). The van der Waals surface area contributed by atoms with Gasteiger partial charge in [-0.3, -0.25) is 0 Å². The van der Waals surface area contributed by atoms with E-state index in [4.69, 9.17) is 0 Å². The molecule has 5 aromatic carbocycles. The SMILES string of the molecule is C1=CC2=[N+](c3ccc4sc5ccccc5c4c3)c3ccccc3N3c4ccc5c(sc6ccccc65)c4C(=C1)C23. The summed E-state index contributed by atoms with van der Waals surface area (Å²) in [4.78, 5) is 2.58. The number of hydrogen-bond acceptors (Lipinski definition) is 3. The van der Waals surface area contributed by atoms with Gasteiger partial charge in [-0.15, -0.1) is 22.7 Å². The second kappa shape index (κ2) is 7.57. The van der Waals surface area contributed by atoms with Crippen LogP contribution in [0.25, 0.3) is 45.9 Å². The van der Waals surface area contributed by atoms with Gasteiger partial charge in [0.25, 0.3) is 0 Å². The molecule has 0 spiro atoms. The topological polar surface area (TPSA) is 6.25 Å². The minimum absolute atomic E-state index is 0.139. The molecule has 0 bridgehead atoms. The van der Waals surface area contributed by atoms with Gasteiger partial charge in [-0.2, -0.15) is 4.58 Å². The van der Waals surface area contributed by atoms with Crippen molar-refractivity contribution in [2.75, 3.05) is 4.90 Å². The molecule has 0 saturated heterocycles. The smallest absolute Gasteiger partial charge is 0.235 e. The van der Waals surface area contributed by atoms with Crippen molar-refractivity contribution in [2.24, 2.45) is 0 Å². The third-order valence-electron chi connectivity index (χ3n) is 8.71. The molecule has 2 aliphatic heterocycles. The second-order valence-electron chi connectivity index (χ2n) is 10.7. The van der Waals surface area contributed by atoms with E-state index in [9.17, 15) is 0 Å². The highest BCUT2D eigenvalue weighted by Crippen LogP contribution is 2.55. The minimum atomic E-state index is 0.139. The summed E-state index contributed by atoms with van der Waals surface area (Å²) in [6, 6.07) is 38.3. The molecule has 2 nitrogen and oxygen atoms in total. The van der Waals surface area contributed by atoms with E-state index in [0.717, 1.165) is 0 Å². The van der Waals surface area contributed by atoms with Gasteiger partial charge in [0.1, 0.15) is 11.7 Å². The first-order chi connectivity index (χ1) is 19.8. The minimum Gasteiger partial charge on any atom is -0.318 e. The Morgan fingerprint density at radius 2 is 1.38 bits per heavy atom. The lowest BCUT2D eigenvalue weighted by atomic mass is 9.91. The summed E-state index contributed by atoms with van der Waals surface area (Å²) in [6.07, 6.45) is 6.92. The molecular weight excluding hydrogens is 525 g/mol. The van der Waals surface area contributed by atoms with Crippen LogP contribution in [0.15, 0.2) is 121 Å². The van der Waals surface area contributed by atoms with Gasteiger partial charge in [0.2, 0.25) is 17.1 Å². The number of hydrogen-bond donors (Lipinski definition) is 0. The third-order valence-corrected chi connectivity index (χ3v) is 11.1. The standard InChI is InChI=1S/C36H21N2S2/c1-6-15-32-22(8-1)24-17-18-29-34(36(24)40-32)25-10-7-13-30-35(25)38(29)28-12-4-3-11-27(28)37(30)21-16-19-33-26(20-21)23-9-2-5-14-31(23)39-33/h1-20,35H/q+1. The van der Waals surface area contributed by atoms with E-state index in [1.165, 1.54) is 79.9 Å². The molecule has 0 N–H and O–H groups in total. The molecule has 1 atom stereocenters. The lowest BCUT2D eigenvalue weighted by Crippen LogP contribution is -2.43. The number of rotatable bonds is 1. The summed E-state index contributed by atoms with van der Waals surface area (Å²) < 4.78 is 7.92. The molecule has 0 radical (unpaired) electrons. The first-order valence-corrected chi connectivity index (χ1v) is 15.3. The molecule has 0 fully saturated rings. The highest BCUT2D eigenvalue weighted by Gasteiger charge is 2.49. The maximum Gasteiger partial charge on any atom is 0.235 e. The Morgan fingerprint density at radius 3 is 2.27 bits per heavy atom. The Kier molecular flexibility index (Phi) is 4.04. The van der Waals surface area contributed by atoms with Crippen molar-refractivity contribution in [3.05, 3.63) is 127 Å². The number of thiophene rings is 2. The second-order valence-corrected chi connectivity index (χ2v) is 12.9. The highest BCUT2D eigenvalue weighted by atomic mass is 32.1. The van der Waals surface area contributed by atoms with Crippen LogP contribution in [0.1, 0.15) is 5.56 Å². The lowest BCUT2D eigenvalue weighted by Gasteiger charge is -2.32. The van der Waals surface area contributed by atoms with Gasteiger partial charge < -0.3 is 4.90 Å². The fourth-order valence-electron chi connectivity index (χ4n) is 7.08. The quantitative estimate of drug-likeness (QED) is 0.186. The Labute approximate surface area is 238 Å². The van der Waals surface area contributed by atoms with E-state index >= 15 is 0 Å². The summed E-state index contributed by atoms with van der Waals surface area (Å²) >= 11 is 3.80. The van der Waals surface area contributed by atoms with Crippen LogP contribution in [0.4, 0.5) is 22.7 Å². The molecule has 2 aromatic heterocycles. The number of anilines is 2. The van der Waals surface area contributed by atoms with Crippen LogP contribution in [-0.2, 0) is 0 Å². The monoisotopic (exact) mass is 545 g/mol. The van der Waals surface area contributed by atoms with Crippen LogP contribution in [0, 0.1) is 0 Å². The Balaban J connectivity index is 1.28. The molecule has 186 valence electrons. The third kappa shape index (κ3) is 2.61. The largest absolute Gasteiger partial charge is 0.318 e. The predicted octanol–water partition coefficient (Wildman–Crippen LogP) is 10.2. The molecular formula is C36H21N2S2+. The Morgan fingerprint density at radius 1 is 0.625 bits per heavy atom. The van der Waals surface area contributed by atoms with Gasteiger partial charge in [-0.1, -0.05) is 66.7 Å². The zero-order valence-corrected chi connectivity index (χ0v) is 23.0. The molecule has 3 aliphatic rings. The zero-order valence-electron chi connectivity index (χ0n) is 21.3. The van der Waals surface area contributed by atoms with Crippen LogP contribution < -0.4 is 9.48 Å². The van der Waals surface area contributed by atoms with E-state index in [2.05, 4.69) is 131 Å². The van der Waals surface area contributed by atoms with Gasteiger partial charge in [0.05, 0.1) is 5.69 Å². The zero-order chi connectivity index (χ0) is 25.9. The van der Waals surface area contributed by atoms with Crippen LogP contribution in [0.2, 0.25) is 0 Å². The van der Waals surface area contributed by atoms with Crippen molar-refractivity contribution in [2.45, 2.75) is 6.04 Å². The van der Waals surface area contributed by atoms with E-state index in [1.807, 2.05) is 22.7 Å². The fourth-order valence-corrected chi connectivity index (χ4v) is 9.44. The summed E-state index contributed by atoms with van der Waals surface area (Å²) in [6.45, 7) is 0. The number of para-hydroxylation sites is 2. The van der Waals surface area contributed by atoms with Crippen LogP contribution in [0.5, 0.6) is 0 Å². The van der Waals surface area contributed by atoms with Crippen molar-refractivity contribution in [3.8, 4) is 0 Å². The maximum absolute atomic E-state index is 2.58. The van der Waals surface area contributed by atoms with Gasteiger partial charge in [-0.05, 0) is 35.9 Å². The molecule has 4 heteroatoms. The predicted molar refractivity (Wildman–Crippen MR) is 175 cm³/mol. The number of benzene rings is 5. The molecule has 1 aliphatic carbocycles. The summed E-state index contributed by atoms with van der Waals surface area (Å²) in [5.41, 5.74) is 9.10. The van der Waals surface area contributed by atoms with Gasteiger partial charge in [0, 0.05) is 70.2 Å². The Bertz CT molecular complexity index is 2350. The number of allylic oxidation sites excluding steroid dienone is 2. The number of nitrogens with zero attached hydrogens (tertiary/aromatic N) is 2. The van der Waals surface area contributed by atoms with E-state index in [-0.39, 0.29) is 6.04 Å². The summed E-state index contributed by atoms with van der Waals surface area (Å²) in [7, 11) is 0. The summed E-state index contributed by atoms with van der Waals surface area (Å²) in [5.74, 6) is 0. The van der Waals surface area contributed by atoms with E-state index < -0.39 is 0 Å². The average molecular weight is 546 g/mol. The molecule has 0 saturated carbocycles. The van der Waals surface area contributed by atoms with Crippen molar-refractivity contribution in [1.29, 1.82) is 0 Å². The number of fused-ring (bicyclic) bond motifs is 12. The fraction of sp³-hybridized carbons (Fsp3) is 0.0278. The average Bonchev–Trinajstić information content (AvgIpc) is 3.67. The highest BCUT2D eigenvalue weighted by molar-refractivity contribution is 7.26. The summed E-state index contributed by atoms with van der Waals surface area (Å²) in [5, 5.41) is 5.37. The van der Waals surface area contributed by atoms with Crippen molar-refractivity contribution in [1.82, 2.24) is 4.58 Å². The van der Waals surface area contributed by atoms with Crippen molar-refractivity contribution < 1.29 is 0 Å². The van der Waals surface area contributed by atoms with Gasteiger partial charge >= 0.3 is 0 Å². The normalized spacial score (nSPS) is 17.1.